The van der Waals surface area contributed by atoms with Gasteiger partial charge in [0.25, 0.3) is 0 Å². The van der Waals surface area contributed by atoms with E-state index < -0.39 is 0 Å². The van der Waals surface area contributed by atoms with E-state index in [1.165, 1.54) is 16.1 Å². The van der Waals surface area contributed by atoms with Crippen LogP contribution in [0.1, 0.15) is 44.7 Å². The van der Waals surface area contributed by atoms with Gasteiger partial charge in [0, 0.05) is 32.7 Å². The Morgan fingerprint density at radius 2 is 1.93 bits per heavy atom. The molecule has 0 radical (unpaired) electrons. The number of benzene rings is 1. The van der Waals surface area contributed by atoms with E-state index in [9.17, 15) is 0 Å². The summed E-state index contributed by atoms with van der Waals surface area (Å²) >= 11 is 1.82. The number of piperidine rings is 1. The molecular weight excluding hydrogens is 380 g/mol. The molecule has 1 aliphatic rings. The third kappa shape index (κ3) is 7.05. The smallest absolute Gasteiger partial charge is 0.191 e. The summed E-state index contributed by atoms with van der Waals surface area (Å²) in [6.45, 7) is 9.80. The second kappa shape index (κ2) is 10.1. The summed E-state index contributed by atoms with van der Waals surface area (Å²) in [5, 5.41) is 10.6. The first-order valence-electron chi connectivity index (χ1n) is 10.4. The molecule has 1 aliphatic heterocycles. The Balaban J connectivity index is 1.45. The van der Waals surface area contributed by atoms with Gasteiger partial charge in [-0.25, -0.2) is 0 Å². The van der Waals surface area contributed by atoms with Crippen molar-refractivity contribution in [3.05, 3.63) is 52.9 Å². The van der Waals surface area contributed by atoms with E-state index >= 15 is 0 Å². The quantitative estimate of drug-likeness (QED) is 0.543. The predicted octanol–water partition coefficient (Wildman–Crippen LogP) is 4.40. The van der Waals surface area contributed by atoms with Crippen molar-refractivity contribution in [2.24, 2.45) is 4.99 Å². The number of thiophene rings is 1. The highest BCUT2D eigenvalue weighted by atomic mass is 32.1. The van der Waals surface area contributed by atoms with Crippen molar-refractivity contribution in [2.75, 3.05) is 25.0 Å². The van der Waals surface area contributed by atoms with Crippen LogP contribution in [-0.4, -0.2) is 37.7 Å². The number of aliphatic imine (C=N–C) groups is 1. The lowest BCUT2D eigenvalue weighted by molar-refractivity contribution is -0.0149. The molecule has 0 aliphatic carbocycles. The highest BCUT2D eigenvalue weighted by Crippen LogP contribution is 2.24. The molecule has 5 nitrogen and oxygen atoms in total. The van der Waals surface area contributed by atoms with Gasteiger partial charge in [0.15, 0.2) is 5.96 Å². The van der Waals surface area contributed by atoms with Crippen LogP contribution in [0.15, 0.2) is 46.8 Å². The third-order valence-corrected chi connectivity index (χ3v) is 5.93. The number of anilines is 1. The fourth-order valence-corrected chi connectivity index (χ4v) is 4.18. The predicted molar refractivity (Wildman–Crippen MR) is 124 cm³/mol. The Morgan fingerprint density at radius 1 is 1.17 bits per heavy atom. The van der Waals surface area contributed by atoms with Crippen LogP contribution in [0.25, 0.3) is 0 Å². The number of hydrogen-bond acceptors (Lipinski definition) is 4. The van der Waals surface area contributed by atoms with E-state index in [0.717, 1.165) is 38.4 Å². The second-order valence-corrected chi connectivity index (χ2v) is 9.43. The summed E-state index contributed by atoms with van der Waals surface area (Å²) in [5.74, 6) is 0.871. The highest BCUT2D eigenvalue weighted by Gasteiger charge is 2.20. The van der Waals surface area contributed by atoms with Crippen molar-refractivity contribution in [2.45, 2.75) is 58.4 Å². The fourth-order valence-electron chi connectivity index (χ4n) is 3.40. The van der Waals surface area contributed by atoms with Crippen molar-refractivity contribution in [3.8, 4) is 0 Å². The van der Waals surface area contributed by atoms with Gasteiger partial charge < -0.3 is 20.3 Å². The summed E-state index contributed by atoms with van der Waals surface area (Å²) in [6.07, 6.45) is 2.25. The zero-order valence-electron chi connectivity index (χ0n) is 18.1. The molecule has 2 heterocycles. The standard InChI is InChI=1S/C23H34N4OS/c1-23(2,3)28-17-19-8-5-7-18(15-19)16-25-22(24-4)26-20-10-12-27(13-11-20)21-9-6-14-29-21/h5-9,14-15,20H,10-13,16-17H2,1-4H3,(H2,24,25,26). The molecule has 1 fully saturated rings. The van der Waals surface area contributed by atoms with Crippen molar-refractivity contribution in [1.29, 1.82) is 0 Å². The number of ether oxygens (including phenoxy) is 1. The normalized spacial score (nSPS) is 16.1. The largest absolute Gasteiger partial charge is 0.371 e. The summed E-state index contributed by atoms with van der Waals surface area (Å²) in [5.41, 5.74) is 2.30. The molecule has 0 saturated carbocycles. The van der Waals surface area contributed by atoms with Gasteiger partial charge in [-0.15, -0.1) is 11.3 Å². The maximum atomic E-state index is 5.89. The molecule has 0 amide bonds. The van der Waals surface area contributed by atoms with E-state index in [-0.39, 0.29) is 5.60 Å². The summed E-state index contributed by atoms with van der Waals surface area (Å²) < 4.78 is 5.89. The average molecular weight is 415 g/mol. The Bertz CT molecular complexity index is 774. The number of rotatable bonds is 6. The van der Waals surface area contributed by atoms with Crippen molar-refractivity contribution < 1.29 is 4.74 Å². The Hall–Kier alpha value is -2.05. The first-order valence-corrected chi connectivity index (χ1v) is 11.3. The lowest BCUT2D eigenvalue weighted by Crippen LogP contribution is -2.48. The van der Waals surface area contributed by atoms with Gasteiger partial charge in [-0.2, -0.15) is 0 Å². The number of hydrogen-bond donors (Lipinski definition) is 2. The van der Waals surface area contributed by atoms with Crippen LogP contribution in [0.5, 0.6) is 0 Å². The summed E-state index contributed by atoms with van der Waals surface area (Å²) in [4.78, 5) is 6.89. The van der Waals surface area contributed by atoms with Crippen LogP contribution < -0.4 is 15.5 Å². The molecule has 6 heteroatoms. The zero-order valence-corrected chi connectivity index (χ0v) is 18.9. The van der Waals surface area contributed by atoms with Crippen LogP contribution in [0.2, 0.25) is 0 Å². The Labute approximate surface area is 179 Å². The minimum absolute atomic E-state index is 0.126. The maximum absolute atomic E-state index is 5.89. The van der Waals surface area contributed by atoms with Crippen LogP contribution >= 0.6 is 11.3 Å². The highest BCUT2D eigenvalue weighted by molar-refractivity contribution is 7.14. The minimum atomic E-state index is -0.126. The van der Waals surface area contributed by atoms with Crippen molar-refractivity contribution in [3.63, 3.8) is 0 Å². The van der Waals surface area contributed by atoms with E-state index in [2.05, 4.69) is 83.1 Å². The monoisotopic (exact) mass is 414 g/mol. The first kappa shape index (κ1) is 21.7. The van der Waals surface area contributed by atoms with E-state index in [1.807, 2.05) is 18.4 Å². The molecule has 0 atom stereocenters. The molecule has 158 valence electrons. The van der Waals surface area contributed by atoms with Crippen molar-refractivity contribution >= 4 is 22.3 Å². The molecule has 3 rings (SSSR count). The number of guanidine groups is 1. The lowest BCUT2D eigenvalue weighted by atomic mass is 10.1. The van der Waals surface area contributed by atoms with Gasteiger partial charge >= 0.3 is 0 Å². The molecular formula is C23H34N4OS. The minimum Gasteiger partial charge on any atom is -0.371 e. The molecule has 0 spiro atoms. The SMILES string of the molecule is CN=C(NCc1cccc(COC(C)(C)C)c1)NC1CCN(c2cccs2)CC1. The summed E-state index contributed by atoms with van der Waals surface area (Å²) in [6, 6.07) is 13.3. The van der Waals surface area contributed by atoms with E-state index in [1.54, 1.807) is 0 Å². The van der Waals surface area contributed by atoms with Gasteiger partial charge in [0.2, 0.25) is 0 Å². The summed E-state index contributed by atoms with van der Waals surface area (Å²) in [7, 11) is 1.84. The molecule has 2 aromatic rings. The van der Waals surface area contributed by atoms with Crippen LogP contribution in [0.4, 0.5) is 5.00 Å². The van der Waals surface area contributed by atoms with Gasteiger partial charge in [-0.1, -0.05) is 24.3 Å². The van der Waals surface area contributed by atoms with Crippen LogP contribution in [0.3, 0.4) is 0 Å². The van der Waals surface area contributed by atoms with Gasteiger partial charge in [0.1, 0.15) is 0 Å². The molecule has 1 aromatic carbocycles. The first-order chi connectivity index (χ1) is 13.9. The molecule has 1 aromatic heterocycles. The molecule has 0 bridgehead atoms. The Kier molecular flexibility index (Phi) is 7.56. The average Bonchev–Trinajstić information content (AvgIpc) is 3.25. The topological polar surface area (TPSA) is 48.9 Å². The van der Waals surface area contributed by atoms with E-state index in [4.69, 9.17) is 4.74 Å². The van der Waals surface area contributed by atoms with Gasteiger partial charge in [-0.3, -0.25) is 4.99 Å². The second-order valence-electron chi connectivity index (χ2n) is 8.50. The van der Waals surface area contributed by atoms with E-state index in [0.29, 0.717) is 12.6 Å². The van der Waals surface area contributed by atoms with Crippen molar-refractivity contribution in [1.82, 2.24) is 10.6 Å². The van der Waals surface area contributed by atoms with Gasteiger partial charge in [0.05, 0.1) is 17.2 Å². The fraction of sp³-hybridized carbons (Fsp3) is 0.522. The zero-order chi connectivity index (χ0) is 20.7. The molecule has 0 unspecified atom stereocenters. The number of nitrogens with zero attached hydrogens (tertiary/aromatic N) is 2. The Morgan fingerprint density at radius 3 is 2.59 bits per heavy atom. The number of nitrogens with one attached hydrogen (secondary N) is 2. The molecule has 29 heavy (non-hydrogen) atoms. The van der Waals surface area contributed by atoms with Crippen LogP contribution in [0, 0.1) is 0 Å². The van der Waals surface area contributed by atoms with Crippen LogP contribution in [-0.2, 0) is 17.9 Å². The van der Waals surface area contributed by atoms with Gasteiger partial charge in [-0.05, 0) is 62.3 Å². The molecule has 2 N–H and O–H groups in total. The molecule has 1 saturated heterocycles. The maximum Gasteiger partial charge on any atom is 0.191 e. The lowest BCUT2D eigenvalue weighted by Gasteiger charge is -2.33. The third-order valence-electron chi connectivity index (χ3n) is 5.00.